The number of nitrogens with two attached hydrogens (primary N) is 1. The van der Waals surface area contributed by atoms with Gasteiger partial charge in [0.05, 0.1) is 18.9 Å². The topological polar surface area (TPSA) is 241 Å². The summed E-state index contributed by atoms with van der Waals surface area (Å²) in [6.07, 6.45) is -0.0547. The lowest BCUT2D eigenvalue weighted by Gasteiger charge is -2.22. The van der Waals surface area contributed by atoms with Crippen LogP contribution in [0.5, 0.6) is 0 Å². The van der Waals surface area contributed by atoms with Gasteiger partial charge in [-0.1, -0.05) is 18.2 Å². The van der Waals surface area contributed by atoms with E-state index in [-0.39, 0.29) is 6.42 Å². The molecule has 1 aromatic heterocycles. The van der Waals surface area contributed by atoms with Gasteiger partial charge in [-0.15, -0.1) is 0 Å². The second-order valence-electron chi connectivity index (χ2n) is 7.60. The standard InChI is InChI=1S/C21H25N5O9/c22-12(5-10-8-23-13-4-2-1-3-11(10)13)19(33)25-15(7-17(29)30)21(35)26-14(6-16(27)28)20(34)24-9-18(31)32/h1-4,8,12,14-15,23H,5-7,9,22H2,(H,24,34)(H,25,33)(H,26,35)(H,27,28)(H,29,30)(H,31,32). The Morgan fingerprint density at radius 1 is 0.829 bits per heavy atom. The summed E-state index contributed by atoms with van der Waals surface area (Å²) in [6, 6.07) is 2.72. The van der Waals surface area contributed by atoms with E-state index < -0.39 is 73.1 Å². The van der Waals surface area contributed by atoms with Gasteiger partial charge in [-0.25, -0.2) is 0 Å². The van der Waals surface area contributed by atoms with Gasteiger partial charge < -0.3 is 42.0 Å². The highest BCUT2D eigenvalue weighted by molar-refractivity contribution is 5.96. The van der Waals surface area contributed by atoms with Gasteiger partial charge in [-0.2, -0.15) is 0 Å². The third-order valence-corrected chi connectivity index (χ3v) is 4.89. The molecule has 3 amide bonds. The van der Waals surface area contributed by atoms with Crippen molar-refractivity contribution in [1.29, 1.82) is 0 Å². The summed E-state index contributed by atoms with van der Waals surface area (Å²) in [5.41, 5.74) is 7.50. The van der Waals surface area contributed by atoms with Gasteiger partial charge >= 0.3 is 17.9 Å². The number of hydrogen-bond acceptors (Lipinski definition) is 7. The minimum absolute atomic E-state index is 0.0660. The normalized spacial score (nSPS) is 13.3. The highest BCUT2D eigenvalue weighted by atomic mass is 16.4. The number of para-hydroxylation sites is 1. The number of carbonyl (C=O) groups excluding carboxylic acids is 3. The number of benzene rings is 1. The molecular formula is C21H25N5O9. The maximum Gasteiger partial charge on any atom is 0.322 e. The molecule has 0 aliphatic heterocycles. The SMILES string of the molecule is NC(Cc1c[nH]c2ccccc12)C(=O)NC(CC(=O)O)C(=O)NC(CC(=O)O)C(=O)NCC(=O)O. The van der Waals surface area contributed by atoms with E-state index in [1.54, 1.807) is 12.3 Å². The van der Waals surface area contributed by atoms with Crippen LogP contribution in [-0.4, -0.2) is 80.6 Å². The van der Waals surface area contributed by atoms with Crippen LogP contribution in [0, 0.1) is 0 Å². The van der Waals surface area contributed by atoms with Crippen LogP contribution in [0.25, 0.3) is 10.9 Å². The minimum Gasteiger partial charge on any atom is -0.481 e. The fourth-order valence-corrected chi connectivity index (χ4v) is 3.23. The molecule has 0 aliphatic rings. The highest BCUT2D eigenvalue weighted by Crippen LogP contribution is 2.18. The molecule has 1 aromatic carbocycles. The number of carboxylic acids is 3. The summed E-state index contributed by atoms with van der Waals surface area (Å²) in [5, 5.41) is 33.8. The van der Waals surface area contributed by atoms with Crippen molar-refractivity contribution in [3.05, 3.63) is 36.0 Å². The predicted octanol–water partition coefficient (Wildman–Crippen LogP) is -1.84. The van der Waals surface area contributed by atoms with Crippen molar-refractivity contribution >= 4 is 46.5 Å². The van der Waals surface area contributed by atoms with E-state index in [0.717, 1.165) is 16.5 Å². The number of H-pyrrole nitrogens is 1. The van der Waals surface area contributed by atoms with Gasteiger partial charge in [-0.05, 0) is 18.1 Å². The van der Waals surface area contributed by atoms with E-state index in [1.165, 1.54) is 0 Å². The van der Waals surface area contributed by atoms with Crippen molar-refractivity contribution in [2.24, 2.45) is 5.73 Å². The van der Waals surface area contributed by atoms with Crippen LogP contribution >= 0.6 is 0 Å². The lowest BCUT2D eigenvalue weighted by molar-refractivity contribution is -0.143. The lowest BCUT2D eigenvalue weighted by Crippen LogP contribution is -2.57. The molecule has 3 unspecified atom stereocenters. The number of fused-ring (bicyclic) bond motifs is 1. The number of amides is 3. The number of carboxylic acid groups (broad SMARTS) is 3. The Morgan fingerprint density at radius 2 is 1.40 bits per heavy atom. The molecule has 14 nitrogen and oxygen atoms in total. The van der Waals surface area contributed by atoms with Crippen LogP contribution in [0.1, 0.15) is 18.4 Å². The van der Waals surface area contributed by atoms with Crippen LogP contribution in [-0.2, 0) is 35.2 Å². The van der Waals surface area contributed by atoms with Crippen molar-refractivity contribution < 1.29 is 44.1 Å². The number of aromatic amines is 1. The van der Waals surface area contributed by atoms with E-state index in [2.05, 4.69) is 10.3 Å². The molecule has 2 rings (SSSR count). The third-order valence-electron chi connectivity index (χ3n) is 4.89. The first kappa shape index (κ1) is 26.8. The van der Waals surface area contributed by atoms with E-state index in [0.29, 0.717) is 0 Å². The summed E-state index contributed by atoms with van der Waals surface area (Å²) in [5.74, 6) is -7.46. The maximum atomic E-state index is 12.6. The second-order valence-corrected chi connectivity index (χ2v) is 7.60. The molecular weight excluding hydrogens is 466 g/mol. The number of rotatable bonds is 13. The van der Waals surface area contributed by atoms with E-state index in [1.807, 2.05) is 28.8 Å². The van der Waals surface area contributed by atoms with E-state index in [9.17, 15) is 28.8 Å². The van der Waals surface area contributed by atoms with Crippen LogP contribution in [0.4, 0.5) is 0 Å². The van der Waals surface area contributed by atoms with Gasteiger partial charge in [0.25, 0.3) is 0 Å². The molecule has 1 heterocycles. The van der Waals surface area contributed by atoms with Gasteiger partial charge in [0.1, 0.15) is 18.6 Å². The third kappa shape index (κ3) is 8.12. The first-order valence-electron chi connectivity index (χ1n) is 10.3. The average molecular weight is 491 g/mol. The van der Waals surface area contributed by atoms with Crippen molar-refractivity contribution in [2.45, 2.75) is 37.4 Å². The molecule has 35 heavy (non-hydrogen) atoms. The molecule has 0 saturated carbocycles. The maximum absolute atomic E-state index is 12.6. The lowest BCUT2D eigenvalue weighted by atomic mass is 10.0. The van der Waals surface area contributed by atoms with Crippen molar-refractivity contribution in [2.75, 3.05) is 6.54 Å². The van der Waals surface area contributed by atoms with Crippen molar-refractivity contribution in [1.82, 2.24) is 20.9 Å². The first-order valence-corrected chi connectivity index (χ1v) is 10.3. The van der Waals surface area contributed by atoms with Gasteiger partial charge in [-0.3, -0.25) is 28.8 Å². The number of aromatic nitrogens is 1. The Kier molecular flexibility index (Phi) is 9.28. The Morgan fingerprint density at radius 3 is 2.00 bits per heavy atom. The zero-order chi connectivity index (χ0) is 26.1. The van der Waals surface area contributed by atoms with Crippen molar-refractivity contribution in [3.63, 3.8) is 0 Å². The summed E-state index contributed by atoms with van der Waals surface area (Å²) >= 11 is 0. The molecule has 3 atom stereocenters. The zero-order valence-electron chi connectivity index (χ0n) is 18.3. The highest BCUT2D eigenvalue weighted by Gasteiger charge is 2.31. The Bertz CT molecular complexity index is 1130. The van der Waals surface area contributed by atoms with Crippen molar-refractivity contribution in [3.8, 4) is 0 Å². The zero-order valence-corrected chi connectivity index (χ0v) is 18.3. The Balaban J connectivity index is 2.10. The monoisotopic (exact) mass is 491 g/mol. The summed E-state index contributed by atoms with van der Waals surface area (Å²) < 4.78 is 0. The summed E-state index contributed by atoms with van der Waals surface area (Å²) in [6.45, 7) is -0.831. The van der Waals surface area contributed by atoms with Crippen LogP contribution < -0.4 is 21.7 Å². The van der Waals surface area contributed by atoms with Gasteiger partial charge in [0.2, 0.25) is 17.7 Å². The number of carbonyl (C=O) groups is 6. The second kappa shape index (κ2) is 12.1. The Hall–Kier alpha value is -4.46. The van der Waals surface area contributed by atoms with Crippen LogP contribution in [0.3, 0.4) is 0 Å². The molecule has 0 spiro atoms. The molecule has 2 aromatic rings. The van der Waals surface area contributed by atoms with Crippen LogP contribution in [0.2, 0.25) is 0 Å². The number of hydrogen-bond donors (Lipinski definition) is 8. The fraction of sp³-hybridized carbons (Fsp3) is 0.333. The molecule has 0 aliphatic carbocycles. The molecule has 0 fully saturated rings. The fourth-order valence-electron chi connectivity index (χ4n) is 3.23. The average Bonchev–Trinajstić information content (AvgIpc) is 3.18. The molecule has 188 valence electrons. The number of nitrogens with one attached hydrogen (secondary N) is 4. The molecule has 9 N–H and O–H groups in total. The van der Waals surface area contributed by atoms with E-state index in [4.69, 9.17) is 21.1 Å². The summed E-state index contributed by atoms with van der Waals surface area (Å²) in [4.78, 5) is 73.3. The quantitative estimate of drug-likeness (QED) is 0.156. The smallest absolute Gasteiger partial charge is 0.322 e. The summed E-state index contributed by atoms with van der Waals surface area (Å²) in [7, 11) is 0. The van der Waals surface area contributed by atoms with Crippen LogP contribution in [0.15, 0.2) is 30.5 Å². The molecule has 0 radical (unpaired) electrons. The van der Waals surface area contributed by atoms with E-state index >= 15 is 0 Å². The molecule has 0 bridgehead atoms. The molecule has 14 heteroatoms. The first-order chi connectivity index (χ1) is 16.5. The number of aliphatic carboxylic acids is 3. The Labute approximate surface area is 197 Å². The minimum atomic E-state index is -1.72. The predicted molar refractivity (Wildman–Crippen MR) is 119 cm³/mol. The van der Waals surface area contributed by atoms with Gasteiger partial charge in [0.15, 0.2) is 0 Å². The largest absolute Gasteiger partial charge is 0.481 e. The van der Waals surface area contributed by atoms with Gasteiger partial charge in [0, 0.05) is 17.1 Å². The molecule has 0 saturated heterocycles.